The summed E-state index contributed by atoms with van der Waals surface area (Å²) in [5, 5.41) is 0.528. The van der Waals surface area contributed by atoms with Crippen LogP contribution < -0.4 is 9.64 Å². The number of carbonyl (C=O) groups excluding carboxylic acids is 1. The Balaban J connectivity index is 0.00000320. The molecular weight excluding hydrogens is 446 g/mol. The van der Waals surface area contributed by atoms with Crippen LogP contribution in [0.4, 0.5) is 5.13 Å². The topological polar surface area (TPSA) is 79.8 Å². The summed E-state index contributed by atoms with van der Waals surface area (Å²) < 4.78 is 29.7. The lowest BCUT2D eigenvalue weighted by atomic mass is 10.2. The van der Waals surface area contributed by atoms with Crippen molar-refractivity contribution in [3.8, 4) is 5.75 Å². The zero-order valence-corrected chi connectivity index (χ0v) is 19.6. The Labute approximate surface area is 186 Å². The minimum atomic E-state index is -3.32. The predicted octanol–water partition coefficient (Wildman–Crippen LogP) is 3.34. The molecule has 0 unspecified atom stereocenters. The number of sulfone groups is 1. The van der Waals surface area contributed by atoms with Crippen LogP contribution in [0, 0.1) is 0 Å². The summed E-state index contributed by atoms with van der Waals surface area (Å²) in [4.78, 5) is 21.7. The molecule has 10 heteroatoms. The van der Waals surface area contributed by atoms with Crippen molar-refractivity contribution >= 4 is 54.8 Å². The smallest absolute Gasteiger partial charge is 0.260 e. The highest BCUT2D eigenvalue weighted by molar-refractivity contribution is 7.90. The van der Waals surface area contributed by atoms with E-state index in [9.17, 15) is 13.2 Å². The monoisotopic (exact) mass is 469 g/mol. The molecule has 0 saturated carbocycles. The van der Waals surface area contributed by atoms with Gasteiger partial charge in [-0.1, -0.05) is 17.4 Å². The van der Waals surface area contributed by atoms with E-state index >= 15 is 0 Å². The number of fused-ring (bicyclic) bond motifs is 1. The standard InChI is InChI=1S/C20H23N3O4S2.ClH/c1-22(2)10-11-23(19(24)14-6-5-7-15(12-14)27-3)20-21-17-9-8-16(29(4,25)26)13-18(17)28-20;/h5-9,12-13H,10-11H2,1-4H3;1H. The van der Waals surface area contributed by atoms with Crippen LogP contribution in [0.5, 0.6) is 5.75 Å². The van der Waals surface area contributed by atoms with Gasteiger partial charge in [0.2, 0.25) is 0 Å². The first-order chi connectivity index (χ1) is 13.7. The maximum atomic E-state index is 13.3. The first-order valence-electron chi connectivity index (χ1n) is 8.90. The molecule has 0 bridgehead atoms. The van der Waals surface area contributed by atoms with Gasteiger partial charge in [-0.2, -0.15) is 0 Å². The normalized spacial score (nSPS) is 11.4. The molecule has 0 fully saturated rings. The number of methoxy groups -OCH3 is 1. The molecule has 7 nitrogen and oxygen atoms in total. The molecule has 162 valence electrons. The van der Waals surface area contributed by atoms with E-state index in [2.05, 4.69) is 4.98 Å². The fraction of sp³-hybridized carbons (Fsp3) is 0.300. The van der Waals surface area contributed by atoms with Crippen molar-refractivity contribution in [3.63, 3.8) is 0 Å². The molecule has 0 atom stereocenters. The average molecular weight is 470 g/mol. The number of amides is 1. The van der Waals surface area contributed by atoms with Gasteiger partial charge in [-0.3, -0.25) is 9.69 Å². The molecule has 0 aliphatic heterocycles. The van der Waals surface area contributed by atoms with E-state index in [4.69, 9.17) is 4.74 Å². The number of aromatic nitrogens is 1. The Kier molecular flexibility index (Phi) is 7.81. The van der Waals surface area contributed by atoms with E-state index in [0.29, 0.717) is 35.1 Å². The number of benzene rings is 2. The third-order valence-electron chi connectivity index (χ3n) is 4.34. The van der Waals surface area contributed by atoms with Gasteiger partial charge >= 0.3 is 0 Å². The van der Waals surface area contributed by atoms with Gasteiger partial charge in [0.25, 0.3) is 5.91 Å². The van der Waals surface area contributed by atoms with Gasteiger partial charge < -0.3 is 9.64 Å². The Morgan fingerprint density at radius 1 is 1.13 bits per heavy atom. The van der Waals surface area contributed by atoms with Crippen molar-refractivity contribution < 1.29 is 17.9 Å². The molecule has 3 aromatic rings. The zero-order chi connectivity index (χ0) is 21.2. The van der Waals surface area contributed by atoms with Gasteiger partial charge in [0, 0.05) is 24.9 Å². The van der Waals surface area contributed by atoms with Crippen LogP contribution in [0.1, 0.15) is 10.4 Å². The van der Waals surface area contributed by atoms with Crippen molar-refractivity contribution in [3.05, 3.63) is 48.0 Å². The summed E-state index contributed by atoms with van der Waals surface area (Å²) in [6.45, 7) is 1.10. The number of anilines is 1. The van der Waals surface area contributed by atoms with E-state index in [1.165, 1.54) is 23.7 Å². The van der Waals surface area contributed by atoms with Gasteiger partial charge in [0.05, 0.1) is 22.2 Å². The van der Waals surface area contributed by atoms with Gasteiger partial charge in [0.1, 0.15) is 5.75 Å². The van der Waals surface area contributed by atoms with Crippen molar-refractivity contribution in [1.29, 1.82) is 0 Å². The lowest BCUT2D eigenvalue weighted by molar-refractivity contribution is 0.0985. The lowest BCUT2D eigenvalue weighted by Gasteiger charge is -2.22. The van der Waals surface area contributed by atoms with E-state index in [-0.39, 0.29) is 23.2 Å². The summed E-state index contributed by atoms with van der Waals surface area (Å²) in [7, 11) is 2.11. The molecule has 30 heavy (non-hydrogen) atoms. The van der Waals surface area contributed by atoms with Crippen LogP contribution in [0.2, 0.25) is 0 Å². The fourth-order valence-electron chi connectivity index (χ4n) is 2.73. The summed E-state index contributed by atoms with van der Waals surface area (Å²) in [5.41, 5.74) is 1.16. The molecule has 2 aromatic carbocycles. The molecule has 0 spiro atoms. The maximum Gasteiger partial charge on any atom is 0.260 e. The van der Waals surface area contributed by atoms with Crippen molar-refractivity contribution in [2.75, 3.05) is 45.5 Å². The molecule has 0 radical (unpaired) electrons. The number of thiazole rings is 1. The van der Waals surface area contributed by atoms with Crippen molar-refractivity contribution in [2.45, 2.75) is 4.90 Å². The Bertz CT molecular complexity index is 1150. The second-order valence-electron chi connectivity index (χ2n) is 6.89. The number of hydrogen-bond donors (Lipinski definition) is 0. The highest BCUT2D eigenvalue weighted by atomic mass is 35.5. The van der Waals surface area contributed by atoms with Crippen LogP contribution in [0.25, 0.3) is 10.2 Å². The van der Waals surface area contributed by atoms with Crippen LogP contribution in [0.3, 0.4) is 0 Å². The Morgan fingerprint density at radius 3 is 2.50 bits per heavy atom. The van der Waals surface area contributed by atoms with Gasteiger partial charge in [-0.15, -0.1) is 12.4 Å². The van der Waals surface area contributed by atoms with E-state index < -0.39 is 9.84 Å². The molecule has 1 amide bonds. The molecule has 0 aliphatic rings. The highest BCUT2D eigenvalue weighted by Crippen LogP contribution is 2.31. The minimum Gasteiger partial charge on any atom is -0.497 e. The molecule has 3 rings (SSSR count). The number of carbonyl (C=O) groups is 1. The zero-order valence-electron chi connectivity index (χ0n) is 17.2. The number of nitrogens with zero attached hydrogens (tertiary/aromatic N) is 3. The number of halogens is 1. The van der Waals surface area contributed by atoms with Crippen LogP contribution in [0.15, 0.2) is 47.4 Å². The lowest BCUT2D eigenvalue weighted by Crippen LogP contribution is -2.36. The van der Waals surface area contributed by atoms with Gasteiger partial charge in [0.15, 0.2) is 15.0 Å². The van der Waals surface area contributed by atoms with Gasteiger partial charge in [-0.25, -0.2) is 13.4 Å². The van der Waals surface area contributed by atoms with Crippen molar-refractivity contribution in [2.24, 2.45) is 0 Å². The molecular formula is C20H24ClN3O4S2. The molecule has 0 aliphatic carbocycles. The Morgan fingerprint density at radius 2 is 1.87 bits per heavy atom. The first kappa shape index (κ1) is 24.1. The van der Waals surface area contributed by atoms with Crippen molar-refractivity contribution in [1.82, 2.24) is 9.88 Å². The second kappa shape index (κ2) is 9.74. The fourth-order valence-corrected chi connectivity index (χ4v) is 4.49. The number of hydrogen-bond acceptors (Lipinski definition) is 7. The molecule has 1 heterocycles. The van der Waals surface area contributed by atoms with Crippen LogP contribution in [-0.4, -0.2) is 64.8 Å². The number of likely N-dealkylation sites (N-methyl/N-ethyl adjacent to an activating group) is 1. The van der Waals surface area contributed by atoms with Crippen LogP contribution in [-0.2, 0) is 9.84 Å². The third kappa shape index (κ3) is 5.48. The quantitative estimate of drug-likeness (QED) is 0.528. The summed E-state index contributed by atoms with van der Waals surface area (Å²) in [5.74, 6) is 0.415. The van der Waals surface area contributed by atoms with Crippen LogP contribution >= 0.6 is 23.7 Å². The van der Waals surface area contributed by atoms with E-state index in [1.54, 1.807) is 48.4 Å². The second-order valence-corrected chi connectivity index (χ2v) is 9.91. The summed E-state index contributed by atoms with van der Waals surface area (Å²) >= 11 is 1.30. The molecule has 1 aromatic heterocycles. The average Bonchev–Trinajstić information content (AvgIpc) is 3.10. The highest BCUT2D eigenvalue weighted by Gasteiger charge is 2.22. The SMILES string of the molecule is COc1cccc(C(=O)N(CCN(C)C)c2nc3ccc(S(C)(=O)=O)cc3s2)c1.Cl. The Hall–Kier alpha value is -2.20. The first-order valence-corrected chi connectivity index (χ1v) is 11.6. The van der Waals surface area contributed by atoms with E-state index in [0.717, 1.165) is 4.70 Å². The van der Waals surface area contributed by atoms with E-state index in [1.807, 2.05) is 19.0 Å². The molecule has 0 N–H and O–H groups in total. The predicted molar refractivity (Wildman–Crippen MR) is 123 cm³/mol. The number of rotatable bonds is 7. The summed E-state index contributed by atoms with van der Waals surface area (Å²) in [6, 6.07) is 11.8. The van der Waals surface area contributed by atoms with Gasteiger partial charge in [-0.05, 0) is 50.5 Å². The number of ether oxygens (including phenoxy) is 1. The third-order valence-corrected chi connectivity index (χ3v) is 6.49. The summed E-state index contributed by atoms with van der Waals surface area (Å²) in [6.07, 6.45) is 1.17. The largest absolute Gasteiger partial charge is 0.497 e. The molecule has 0 saturated heterocycles. The maximum absolute atomic E-state index is 13.3. The minimum absolute atomic E-state index is 0.